The molecule has 8 heteroatoms. The van der Waals surface area contributed by atoms with Gasteiger partial charge in [0.2, 0.25) is 5.95 Å². The molecule has 1 N–H and O–H groups in total. The third-order valence-electron chi connectivity index (χ3n) is 4.96. The first-order valence-electron chi connectivity index (χ1n) is 9.48. The lowest BCUT2D eigenvalue weighted by atomic mass is 10.1. The minimum Gasteiger partial charge on any atom is -0.354 e. The Morgan fingerprint density at radius 1 is 1.14 bits per heavy atom. The van der Waals surface area contributed by atoms with E-state index in [0.29, 0.717) is 6.54 Å². The molecule has 1 saturated heterocycles. The zero-order valence-corrected chi connectivity index (χ0v) is 16.7. The third-order valence-corrected chi connectivity index (χ3v) is 4.96. The molecule has 0 radical (unpaired) electrons. The largest absolute Gasteiger partial charge is 0.354 e. The lowest BCUT2D eigenvalue weighted by Crippen LogP contribution is -2.53. The van der Waals surface area contributed by atoms with Crippen molar-refractivity contribution in [2.45, 2.75) is 6.04 Å². The van der Waals surface area contributed by atoms with Crippen LogP contribution in [0.1, 0.15) is 11.6 Å². The third kappa shape index (κ3) is 4.95. The van der Waals surface area contributed by atoms with Gasteiger partial charge in [0.15, 0.2) is 5.96 Å². The molecule has 28 heavy (non-hydrogen) atoms. The molecule has 1 aliphatic rings. The number of aromatic nitrogens is 2. The summed E-state index contributed by atoms with van der Waals surface area (Å²) in [5.41, 5.74) is 1.07. The Balaban J connectivity index is 1.57. The molecule has 1 aromatic carbocycles. The highest BCUT2D eigenvalue weighted by atomic mass is 19.1. The molecule has 7 nitrogen and oxygen atoms in total. The number of rotatable bonds is 5. The van der Waals surface area contributed by atoms with Crippen molar-refractivity contribution < 1.29 is 4.39 Å². The van der Waals surface area contributed by atoms with Crippen molar-refractivity contribution in [2.75, 3.05) is 58.8 Å². The van der Waals surface area contributed by atoms with E-state index in [0.717, 1.165) is 43.7 Å². The number of anilines is 1. The number of guanidine groups is 1. The highest BCUT2D eigenvalue weighted by Gasteiger charge is 2.22. The van der Waals surface area contributed by atoms with Gasteiger partial charge >= 0.3 is 0 Å². The maximum atomic E-state index is 13.2. The van der Waals surface area contributed by atoms with Crippen LogP contribution < -0.4 is 10.2 Å². The molecule has 2 heterocycles. The predicted molar refractivity (Wildman–Crippen MR) is 110 cm³/mol. The Morgan fingerprint density at radius 2 is 1.79 bits per heavy atom. The van der Waals surface area contributed by atoms with Gasteiger partial charge in [-0.1, -0.05) is 12.1 Å². The summed E-state index contributed by atoms with van der Waals surface area (Å²) < 4.78 is 13.2. The second-order valence-electron chi connectivity index (χ2n) is 6.98. The van der Waals surface area contributed by atoms with Gasteiger partial charge in [-0.2, -0.15) is 0 Å². The molecule has 1 atom stereocenters. The summed E-state index contributed by atoms with van der Waals surface area (Å²) in [5.74, 6) is 1.43. The Labute approximate surface area is 165 Å². The van der Waals surface area contributed by atoms with Gasteiger partial charge in [-0.15, -0.1) is 0 Å². The van der Waals surface area contributed by atoms with Crippen molar-refractivity contribution in [3.8, 4) is 0 Å². The summed E-state index contributed by atoms with van der Waals surface area (Å²) in [6.45, 7) is 4.08. The van der Waals surface area contributed by atoms with E-state index in [9.17, 15) is 4.39 Å². The fraction of sp³-hybridized carbons (Fsp3) is 0.450. The van der Waals surface area contributed by atoms with Crippen molar-refractivity contribution in [1.29, 1.82) is 0 Å². The second kappa shape index (κ2) is 9.45. The van der Waals surface area contributed by atoms with Crippen molar-refractivity contribution in [3.63, 3.8) is 0 Å². The van der Waals surface area contributed by atoms with Gasteiger partial charge in [0.1, 0.15) is 5.82 Å². The van der Waals surface area contributed by atoms with E-state index in [-0.39, 0.29) is 11.9 Å². The lowest BCUT2D eigenvalue weighted by Gasteiger charge is -2.37. The number of likely N-dealkylation sites (N-methyl/N-ethyl adjacent to an activating group) is 1. The van der Waals surface area contributed by atoms with Crippen LogP contribution in [0.25, 0.3) is 0 Å². The molecule has 2 aromatic rings. The van der Waals surface area contributed by atoms with Crippen LogP contribution >= 0.6 is 0 Å². The van der Waals surface area contributed by atoms with Crippen LogP contribution in [-0.2, 0) is 0 Å². The van der Waals surface area contributed by atoms with Gasteiger partial charge in [0.25, 0.3) is 0 Å². The van der Waals surface area contributed by atoms with Gasteiger partial charge in [-0.05, 0) is 37.9 Å². The minimum absolute atomic E-state index is 0.122. The van der Waals surface area contributed by atoms with Gasteiger partial charge in [-0.3, -0.25) is 4.99 Å². The minimum atomic E-state index is -0.217. The van der Waals surface area contributed by atoms with Crippen molar-refractivity contribution in [3.05, 3.63) is 54.1 Å². The molecular formula is C20H28FN7. The van der Waals surface area contributed by atoms with E-state index in [4.69, 9.17) is 0 Å². The van der Waals surface area contributed by atoms with E-state index >= 15 is 0 Å². The molecule has 0 bridgehead atoms. The van der Waals surface area contributed by atoms with Gasteiger partial charge in [0.05, 0.1) is 6.04 Å². The summed E-state index contributed by atoms with van der Waals surface area (Å²) in [6.07, 6.45) is 3.54. The van der Waals surface area contributed by atoms with E-state index in [2.05, 4.69) is 35.0 Å². The van der Waals surface area contributed by atoms with E-state index in [1.54, 1.807) is 19.4 Å². The van der Waals surface area contributed by atoms with E-state index in [1.165, 1.54) is 12.1 Å². The molecule has 0 saturated carbocycles. The molecule has 3 rings (SSSR count). The molecule has 1 aromatic heterocycles. The predicted octanol–water partition coefficient (Wildman–Crippen LogP) is 1.62. The van der Waals surface area contributed by atoms with Crippen LogP contribution in [0.3, 0.4) is 0 Å². The number of hydrogen-bond donors (Lipinski definition) is 1. The smallest absolute Gasteiger partial charge is 0.225 e. The number of piperazine rings is 1. The molecule has 1 fully saturated rings. The van der Waals surface area contributed by atoms with Crippen LogP contribution in [0.5, 0.6) is 0 Å². The first kappa shape index (κ1) is 20.0. The fourth-order valence-electron chi connectivity index (χ4n) is 3.38. The first-order chi connectivity index (χ1) is 13.6. The molecule has 150 valence electrons. The number of nitrogens with one attached hydrogen (secondary N) is 1. The monoisotopic (exact) mass is 385 g/mol. The zero-order valence-electron chi connectivity index (χ0n) is 16.7. The lowest BCUT2D eigenvalue weighted by molar-refractivity contribution is 0.292. The molecule has 1 unspecified atom stereocenters. The summed E-state index contributed by atoms with van der Waals surface area (Å²) in [6, 6.07) is 8.63. The average molecular weight is 385 g/mol. The highest BCUT2D eigenvalue weighted by molar-refractivity contribution is 5.80. The fourth-order valence-corrected chi connectivity index (χ4v) is 3.38. The maximum Gasteiger partial charge on any atom is 0.225 e. The van der Waals surface area contributed by atoms with Gasteiger partial charge < -0.3 is 20.0 Å². The average Bonchev–Trinajstić information content (AvgIpc) is 2.73. The van der Waals surface area contributed by atoms with Crippen molar-refractivity contribution in [1.82, 2.24) is 25.1 Å². The van der Waals surface area contributed by atoms with Gasteiger partial charge in [-0.25, -0.2) is 14.4 Å². The molecule has 0 amide bonds. The summed E-state index contributed by atoms with van der Waals surface area (Å²) in [5, 5.41) is 3.48. The SMILES string of the molecule is CN=C(NCC(c1ccc(F)cc1)N(C)C)N1CCN(c2ncccn2)CC1. The maximum absolute atomic E-state index is 13.2. The topological polar surface area (TPSA) is 59.9 Å². The van der Waals surface area contributed by atoms with Crippen LogP contribution in [0.2, 0.25) is 0 Å². The van der Waals surface area contributed by atoms with Gasteiger partial charge in [0, 0.05) is 52.2 Å². The van der Waals surface area contributed by atoms with Crippen molar-refractivity contribution >= 4 is 11.9 Å². The highest BCUT2D eigenvalue weighted by Crippen LogP contribution is 2.18. The number of aliphatic imine (C=N–C) groups is 1. The van der Waals surface area contributed by atoms with Crippen LogP contribution in [0.15, 0.2) is 47.7 Å². The number of hydrogen-bond acceptors (Lipinski definition) is 5. The second-order valence-corrected chi connectivity index (χ2v) is 6.98. The van der Waals surface area contributed by atoms with Crippen LogP contribution in [0.4, 0.5) is 10.3 Å². The summed E-state index contributed by atoms with van der Waals surface area (Å²) in [7, 11) is 5.85. The quantitative estimate of drug-likeness (QED) is 0.623. The number of nitrogens with zero attached hydrogens (tertiary/aromatic N) is 6. The normalized spacial score (nSPS) is 16.4. The number of halogens is 1. The Morgan fingerprint density at radius 3 is 2.36 bits per heavy atom. The molecule has 1 aliphatic heterocycles. The van der Waals surface area contributed by atoms with Crippen LogP contribution in [0, 0.1) is 5.82 Å². The first-order valence-corrected chi connectivity index (χ1v) is 9.48. The van der Waals surface area contributed by atoms with E-state index < -0.39 is 0 Å². The zero-order chi connectivity index (χ0) is 19.9. The number of benzene rings is 1. The Bertz CT molecular complexity index is 756. The molecule has 0 spiro atoms. The molecule has 0 aliphatic carbocycles. The molecular weight excluding hydrogens is 357 g/mol. The Hall–Kier alpha value is -2.74. The standard InChI is InChI=1S/C20H28FN7/c1-22-19(25-15-18(26(2)3)16-5-7-17(21)8-6-16)27-11-13-28(14-12-27)20-23-9-4-10-24-20/h4-10,18H,11-15H2,1-3H3,(H,22,25). The summed E-state index contributed by atoms with van der Waals surface area (Å²) >= 11 is 0. The van der Waals surface area contributed by atoms with Crippen LogP contribution in [-0.4, -0.2) is 79.6 Å². The van der Waals surface area contributed by atoms with E-state index in [1.807, 2.05) is 32.3 Å². The Kier molecular flexibility index (Phi) is 6.76. The van der Waals surface area contributed by atoms with Crippen molar-refractivity contribution in [2.24, 2.45) is 4.99 Å². The summed E-state index contributed by atoms with van der Waals surface area (Å²) in [4.78, 5) is 19.7.